The molecule has 2 aromatic rings. The highest BCUT2D eigenvalue weighted by Crippen LogP contribution is 2.48. The van der Waals surface area contributed by atoms with Crippen LogP contribution in [0.1, 0.15) is 18.9 Å². The van der Waals surface area contributed by atoms with Gasteiger partial charge in [-0.05, 0) is 36.2 Å². The van der Waals surface area contributed by atoms with Crippen molar-refractivity contribution in [3.8, 4) is 0 Å². The lowest BCUT2D eigenvalue weighted by Gasteiger charge is -2.32. The molecule has 3 rings (SSSR count). The molecule has 1 aliphatic rings. The normalized spacial score (nSPS) is 14.9. The van der Waals surface area contributed by atoms with E-state index in [9.17, 15) is 14.7 Å². The van der Waals surface area contributed by atoms with Gasteiger partial charge in [0.05, 0.1) is 18.5 Å². The summed E-state index contributed by atoms with van der Waals surface area (Å²) in [6.07, 6.45) is 0.116. The van der Waals surface area contributed by atoms with Gasteiger partial charge in [-0.15, -0.1) is 0 Å². The maximum atomic E-state index is 12.3. The molecular formula is C19H19NO4S. The number of anilines is 2. The monoisotopic (exact) mass is 357 g/mol. The molecule has 0 fully saturated rings. The quantitative estimate of drug-likeness (QED) is 0.663. The predicted octanol–water partition coefficient (Wildman–Crippen LogP) is 3.82. The highest BCUT2D eigenvalue weighted by molar-refractivity contribution is 7.99. The number of carbonyl (C=O) groups excluding carboxylic acids is 1. The molecule has 0 saturated heterocycles. The van der Waals surface area contributed by atoms with Crippen LogP contribution in [0.5, 0.6) is 0 Å². The lowest BCUT2D eigenvalue weighted by Crippen LogP contribution is -2.44. The second-order valence-corrected chi connectivity index (χ2v) is 6.95. The molecule has 1 N–H and O–H groups in total. The summed E-state index contributed by atoms with van der Waals surface area (Å²) in [4.78, 5) is 28.4. The van der Waals surface area contributed by atoms with Crippen LogP contribution in [0, 0.1) is 0 Å². The van der Waals surface area contributed by atoms with Gasteiger partial charge in [0.2, 0.25) is 0 Å². The van der Waals surface area contributed by atoms with E-state index in [0.29, 0.717) is 5.56 Å². The SMILES string of the molecule is CCC(C(=O)O)(C(=O)OC)c1ccc2c(c1)Sc1ccccc1N2C. The summed E-state index contributed by atoms with van der Waals surface area (Å²) in [7, 11) is 3.19. The number of fused-ring (bicyclic) bond motifs is 2. The van der Waals surface area contributed by atoms with Gasteiger partial charge in [-0.1, -0.05) is 36.9 Å². The Kier molecular flexibility index (Phi) is 4.47. The zero-order valence-electron chi connectivity index (χ0n) is 14.3. The molecule has 1 heterocycles. The number of carboxylic acid groups (broad SMARTS) is 1. The number of carbonyl (C=O) groups is 2. The standard InChI is InChI=1S/C19H19NO4S/c1-4-19(17(21)22,18(23)24-3)12-9-10-14-16(11-12)25-15-8-6-5-7-13(15)20(14)2/h5-11H,4H2,1-3H3,(H,21,22). The molecule has 0 radical (unpaired) electrons. The van der Waals surface area contributed by atoms with Gasteiger partial charge in [0.25, 0.3) is 0 Å². The largest absolute Gasteiger partial charge is 0.480 e. The van der Waals surface area contributed by atoms with E-state index >= 15 is 0 Å². The minimum absolute atomic E-state index is 0.116. The molecule has 6 heteroatoms. The van der Waals surface area contributed by atoms with Crippen LogP contribution < -0.4 is 4.90 Å². The minimum Gasteiger partial charge on any atom is -0.480 e. The molecule has 5 nitrogen and oxygen atoms in total. The van der Waals surface area contributed by atoms with Crippen molar-refractivity contribution in [3.63, 3.8) is 0 Å². The summed E-state index contributed by atoms with van der Waals surface area (Å²) >= 11 is 1.57. The van der Waals surface area contributed by atoms with Crippen LogP contribution in [0.25, 0.3) is 0 Å². The topological polar surface area (TPSA) is 66.8 Å². The molecule has 0 bridgehead atoms. The number of rotatable bonds is 4. The Morgan fingerprint density at radius 2 is 1.84 bits per heavy atom. The van der Waals surface area contributed by atoms with Gasteiger partial charge in [0, 0.05) is 16.8 Å². The summed E-state index contributed by atoms with van der Waals surface area (Å²) in [6.45, 7) is 1.68. The smallest absolute Gasteiger partial charge is 0.327 e. The number of nitrogens with zero attached hydrogens (tertiary/aromatic N) is 1. The average molecular weight is 357 g/mol. The van der Waals surface area contributed by atoms with Gasteiger partial charge in [-0.25, -0.2) is 0 Å². The molecule has 2 aromatic carbocycles. The number of para-hydroxylation sites is 1. The first kappa shape index (κ1) is 17.4. The van der Waals surface area contributed by atoms with E-state index in [4.69, 9.17) is 4.74 Å². The summed E-state index contributed by atoms with van der Waals surface area (Å²) in [5.41, 5.74) is 0.821. The van der Waals surface area contributed by atoms with Crippen molar-refractivity contribution < 1.29 is 19.4 Å². The molecule has 0 amide bonds. The Morgan fingerprint density at radius 1 is 1.16 bits per heavy atom. The predicted molar refractivity (Wildman–Crippen MR) is 96.7 cm³/mol. The highest BCUT2D eigenvalue weighted by Gasteiger charge is 2.48. The molecule has 0 aromatic heterocycles. The van der Waals surface area contributed by atoms with Crippen molar-refractivity contribution in [2.45, 2.75) is 28.6 Å². The van der Waals surface area contributed by atoms with Crippen LogP contribution in [0.3, 0.4) is 0 Å². The fourth-order valence-electron chi connectivity index (χ4n) is 3.21. The van der Waals surface area contributed by atoms with Crippen molar-refractivity contribution in [1.82, 2.24) is 0 Å². The number of carboxylic acids is 1. The van der Waals surface area contributed by atoms with Gasteiger partial charge in [-0.3, -0.25) is 9.59 Å². The molecule has 25 heavy (non-hydrogen) atoms. The Morgan fingerprint density at radius 3 is 2.48 bits per heavy atom. The fraction of sp³-hybridized carbons (Fsp3) is 0.263. The van der Waals surface area contributed by atoms with Crippen LogP contribution >= 0.6 is 11.8 Å². The lowest BCUT2D eigenvalue weighted by atomic mass is 9.78. The van der Waals surface area contributed by atoms with Crippen molar-refractivity contribution in [2.24, 2.45) is 0 Å². The first-order valence-corrected chi connectivity index (χ1v) is 8.74. The maximum Gasteiger partial charge on any atom is 0.327 e. The fourth-order valence-corrected chi connectivity index (χ4v) is 4.40. The molecule has 1 unspecified atom stereocenters. The van der Waals surface area contributed by atoms with Crippen molar-refractivity contribution in [2.75, 3.05) is 19.1 Å². The molecule has 1 atom stereocenters. The van der Waals surface area contributed by atoms with Crippen LogP contribution in [0.15, 0.2) is 52.3 Å². The Labute approximate surface area is 150 Å². The minimum atomic E-state index is -1.69. The number of benzene rings is 2. The molecular weight excluding hydrogens is 338 g/mol. The van der Waals surface area contributed by atoms with Crippen LogP contribution in [0.4, 0.5) is 11.4 Å². The molecule has 0 aliphatic carbocycles. The Hall–Kier alpha value is -2.47. The van der Waals surface area contributed by atoms with E-state index in [1.165, 1.54) is 7.11 Å². The number of methoxy groups -OCH3 is 1. The first-order chi connectivity index (χ1) is 12.0. The first-order valence-electron chi connectivity index (χ1n) is 7.92. The Bertz CT molecular complexity index is 851. The van der Waals surface area contributed by atoms with Crippen LogP contribution in [0.2, 0.25) is 0 Å². The molecule has 1 aliphatic heterocycles. The molecule has 0 saturated carbocycles. The third kappa shape index (κ3) is 2.57. The summed E-state index contributed by atoms with van der Waals surface area (Å²) in [5, 5.41) is 9.77. The van der Waals surface area contributed by atoms with E-state index < -0.39 is 17.4 Å². The van der Waals surface area contributed by atoms with E-state index in [1.54, 1.807) is 30.8 Å². The molecule has 0 spiro atoms. The van der Waals surface area contributed by atoms with E-state index in [-0.39, 0.29) is 6.42 Å². The highest BCUT2D eigenvalue weighted by atomic mass is 32.2. The zero-order chi connectivity index (χ0) is 18.2. The Balaban J connectivity index is 2.13. The van der Waals surface area contributed by atoms with Crippen molar-refractivity contribution >= 4 is 35.1 Å². The van der Waals surface area contributed by atoms with Gasteiger partial charge in [0.1, 0.15) is 0 Å². The summed E-state index contributed by atoms with van der Waals surface area (Å²) in [6, 6.07) is 13.4. The number of hydrogen-bond donors (Lipinski definition) is 1. The number of aliphatic carboxylic acids is 1. The lowest BCUT2D eigenvalue weighted by molar-refractivity contribution is -0.160. The van der Waals surface area contributed by atoms with Gasteiger partial charge in [-0.2, -0.15) is 0 Å². The number of esters is 1. The van der Waals surface area contributed by atoms with Crippen LogP contribution in [-0.4, -0.2) is 31.2 Å². The number of ether oxygens (including phenoxy) is 1. The van der Waals surface area contributed by atoms with Crippen molar-refractivity contribution in [3.05, 3.63) is 48.0 Å². The summed E-state index contributed by atoms with van der Waals surface area (Å²) < 4.78 is 4.81. The van der Waals surface area contributed by atoms with Crippen molar-refractivity contribution in [1.29, 1.82) is 0 Å². The third-order valence-corrected chi connectivity index (χ3v) is 5.80. The van der Waals surface area contributed by atoms with E-state index in [0.717, 1.165) is 21.2 Å². The average Bonchev–Trinajstić information content (AvgIpc) is 2.62. The second-order valence-electron chi connectivity index (χ2n) is 5.87. The number of hydrogen-bond acceptors (Lipinski definition) is 5. The van der Waals surface area contributed by atoms with Gasteiger partial charge < -0.3 is 14.7 Å². The van der Waals surface area contributed by atoms with Gasteiger partial charge in [0.15, 0.2) is 5.41 Å². The third-order valence-electron chi connectivity index (χ3n) is 4.69. The summed E-state index contributed by atoms with van der Waals surface area (Å²) in [5.74, 6) is -1.95. The van der Waals surface area contributed by atoms with Crippen LogP contribution in [-0.2, 0) is 19.7 Å². The second kappa shape index (κ2) is 6.44. The van der Waals surface area contributed by atoms with E-state index in [1.807, 2.05) is 37.4 Å². The maximum absolute atomic E-state index is 12.3. The van der Waals surface area contributed by atoms with Gasteiger partial charge >= 0.3 is 11.9 Å². The zero-order valence-corrected chi connectivity index (χ0v) is 15.1. The molecule has 130 valence electrons. The van der Waals surface area contributed by atoms with E-state index in [2.05, 4.69) is 4.90 Å².